The Labute approximate surface area is 146 Å². The molecule has 0 saturated carbocycles. The van der Waals surface area contributed by atoms with Gasteiger partial charge in [0, 0.05) is 45.2 Å². The topological polar surface area (TPSA) is 61.9 Å². The molecule has 2 amide bonds. The van der Waals surface area contributed by atoms with E-state index in [4.69, 9.17) is 4.74 Å². The van der Waals surface area contributed by atoms with Crippen LogP contribution in [0.15, 0.2) is 24.3 Å². The van der Waals surface area contributed by atoms with E-state index in [9.17, 15) is 14.0 Å². The van der Waals surface area contributed by atoms with Crippen LogP contribution in [-0.2, 0) is 9.53 Å². The molecule has 1 unspecified atom stereocenters. The van der Waals surface area contributed by atoms with Crippen molar-refractivity contribution in [3.8, 4) is 0 Å². The molecule has 0 spiro atoms. The number of ether oxygens (including phenoxy) is 1. The molecule has 1 aromatic carbocycles. The summed E-state index contributed by atoms with van der Waals surface area (Å²) in [6.45, 7) is 4.05. The first-order chi connectivity index (χ1) is 12.1. The van der Waals surface area contributed by atoms with E-state index in [1.807, 2.05) is 0 Å². The van der Waals surface area contributed by atoms with Crippen LogP contribution in [0.4, 0.5) is 4.39 Å². The number of hydrogen-bond acceptors (Lipinski definition) is 4. The summed E-state index contributed by atoms with van der Waals surface area (Å²) in [5.41, 5.74) is 0.0887. The van der Waals surface area contributed by atoms with Gasteiger partial charge in [0.25, 0.3) is 5.91 Å². The van der Waals surface area contributed by atoms with Crippen LogP contribution < -0.4 is 5.32 Å². The summed E-state index contributed by atoms with van der Waals surface area (Å²) in [6, 6.07) is 6.07. The summed E-state index contributed by atoms with van der Waals surface area (Å²) in [7, 11) is 0. The van der Waals surface area contributed by atoms with Gasteiger partial charge in [-0.25, -0.2) is 4.39 Å². The first kappa shape index (κ1) is 17.8. The molecule has 0 aliphatic carbocycles. The van der Waals surface area contributed by atoms with Crippen LogP contribution in [0.5, 0.6) is 0 Å². The van der Waals surface area contributed by atoms with Crippen LogP contribution in [0.2, 0.25) is 0 Å². The van der Waals surface area contributed by atoms with Crippen LogP contribution in [0.25, 0.3) is 0 Å². The minimum absolute atomic E-state index is 0.0562. The molecule has 2 heterocycles. The van der Waals surface area contributed by atoms with Crippen molar-refractivity contribution in [2.45, 2.75) is 18.9 Å². The molecule has 25 heavy (non-hydrogen) atoms. The molecule has 1 N–H and O–H groups in total. The van der Waals surface area contributed by atoms with Crippen molar-refractivity contribution >= 4 is 11.8 Å². The van der Waals surface area contributed by atoms with Gasteiger partial charge in [-0.05, 0) is 18.6 Å². The van der Waals surface area contributed by atoms with Gasteiger partial charge in [0.2, 0.25) is 5.91 Å². The number of halogens is 1. The summed E-state index contributed by atoms with van der Waals surface area (Å²) < 4.78 is 19.2. The van der Waals surface area contributed by atoms with Crippen molar-refractivity contribution < 1.29 is 18.7 Å². The van der Waals surface area contributed by atoms with Crippen molar-refractivity contribution in [1.82, 2.24) is 15.1 Å². The molecule has 3 rings (SSSR count). The number of morpholine rings is 1. The minimum Gasteiger partial charge on any atom is -0.378 e. The summed E-state index contributed by atoms with van der Waals surface area (Å²) in [4.78, 5) is 28.4. The van der Waals surface area contributed by atoms with E-state index in [2.05, 4.69) is 5.32 Å². The summed E-state index contributed by atoms with van der Waals surface area (Å²) >= 11 is 0. The quantitative estimate of drug-likeness (QED) is 0.880. The van der Waals surface area contributed by atoms with Gasteiger partial charge in [-0.1, -0.05) is 12.1 Å². The maximum atomic E-state index is 13.8. The Morgan fingerprint density at radius 1 is 1.16 bits per heavy atom. The van der Waals surface area contributed by atoms with Crippen LogP contribution >= 0.6 is 0 Å². The second-order valence-electron chi connectivity index (χ2n) is 6.44. The molecule has 0 bridgehead atoms. The van der Waals surface area contributed by atoms with E-state index in [-0.39, 0.29) is 23.4 Å². The predicted molar refractivity (Wildman–Crippen MR) is 90.7 cm³/mol. The van der Waals surface area contributed by atoms with Gasteiger partial charge in [0.05, 0.1) is 18.8 Å². The first-order valence-electron chi connectivity index (χ1n) is 8.78. The van der Waals surface area contributed by atoms with Gasteiger partial charge in [-0.3, -0.25) is 9.59 Å². The van der Waals surface area contributed by atoms with Gasteiger partial charge >= 0.3 is 0 Å². The molecule has 2 fully saturated rings. The fourth-order valence-corrected chi connectivity index (χ4v) is 3.27. The highest BCUT2D eigenvalue weighted by Gasteiger charge is 2.26. The van der Waals surface area contributed by atoms with Gasteiger partial charge < -0.3 is 19.9 Å². The first-order valence-corrected chi connectivity index (χ1v) is 8.78. The third kappa shape index (κ3) is 4.55. The minimum atomic E-state index is -0.506. The third-order valence-corrected chi connectivity index (χ3v) is 4.66. The molecule has 2 aliphatic heterocycles. The predicted octanol–water partition coefficient (Wildman–Crippen LogP) is 0.879. The number of amides is 2. The zero-order chi connectivity index (χ0) is 17.6. The molecule has 1 aromatic rings. The molecule has 0 aromatic heterocycles. The number of nitrogens with one attached hydrogen (secondary N) is 1. The Kier molecular flexibility index (Phi) is 5.99. The lowest BCUT2D eigenvalue weighted by Crippen LogP contribution is -2.45. The van der Waals surface area contributed by atoms with E-state index in [1.165, 1.54) is 12.1 Å². The number of nitrogens with zero attached hydrogens (tertiary/aromatic N) is 2. The van der Waals surface area contributed by atoms with Crippen molar-refractivity contribution in [1.29, 1.82) is 0 Å². The molecular formula is C18H24FN3O3. The molecule has 0 radical (unpaired) electrons. The number of carbonyl (C=O) groups is 2. The standard InChI is InChI=1S/C18H24FN3O3/c19-16-5-2-1-4-15(16)18(24)22-8-3-7-21(9-10-22)17(23)12-14-13-25-11-6-20-14/h1-2,4-5,14,20H,3,6-13H2. The monoisotopic (exact) mass is 349 g/mol. The molecule has 2 aliphatic rings. The Morgan fingerprint density at radius 2 is 1.92 bits per heavy atom. The van der Waals surface area contributed by atoms with Crippen molar-refractivity contribution in [2.24, 2.45) is 0 Å². The van der Waals surface area contributed by atoms with E-state index in [1.54, 1.807) is 21.9 Å². The van der Waals surface area contributed by atoms with Crippen molar-refractivity contribution in [2.75, 3.05) is 45.9 Å². The lowest BCUT2D eigenvalue weighted by Gasteiger charge is -2.27. The molecule has 2 saturated heterocycles. The smallest absolute Gasteiger partial charge is 0.256 e. The van der Waals surface area contributed by atoms with Crippen LogP contribution in [-0.4, -0.2) is 73.6 Å². The molecular weight excluding hydrogens is 325 g/mol. The number of hydrogen-bond donors (Lipinski definition) is 1. The summed E-state index contributed by atoms with van der Waals surface area (Å²) in [5, 5.41) is 3.28. The average molecular weight is 349 g/mol. The lowest BCUT2D eigenvalue weighted by molar-refractivity contribution is -0.132. The second-order valence-corrected chi connectivity index (χ2v) is 6.44. The number of benzene rings is 1. The van der Waals surface area contributed by atoms with Gasteiger partial charge in [0.15, 0.2) is 0 Å². The fourth-order valence-electron chi connectivity index (χ4n) is 3.27. The van der Waals surface area contributed by atoms with E-state index in [0.717, 1.165) is 6.54 Å². The largest absolute Gasteiger partial charge is 0.378 e. The maximum absolute atomic E-state index is 13.8. The van der Waals surface area contributed by atoms with Crippen LogP contribution in [0, 0.1) is 5.82 Å². The van der Waals surface area contributed by atoms with Crippen LogP contribution in [0.1, 0.15) is 23.2 Å². The second kappa shape index (κ2) is 8.40. The number of rotatable bonds is 3. The molecule has 6 nitrogen and oxygen atoms in total. The summed E-state index contributed by atoms with van der Waals surface area (Å²) in [6.07, 6.45) is 1.10. The SMILES string of the molecule is O=C(CC1COCCN1)N1CCCN(C(=O)c2ccccc2F)CC1. The average Bonchev–Trinajstić information content (AvgIpc) is 2.89. The maximum Gasteiger partial charge on any atom is 0.256 e. The van der Waals surface area contributed by atoms with Gasteiger partial charge in [-0.15, -0.1) is 0 Å². The van der Waals surface area contributed by atoms with Gasteiger partial charge in [0.1, 0.15) is 5.82 Å². The Morgan fingerprint density at radius 3 is 2.68 bits per heavy atom. The Bertz CT molecular complexity index is 619. The van der Waals surface area contributed by atoms with Gasteiger partial charge in [-0.2, -0.15) is 0 Å². The fraction of sp³-hybridized carbons (Fsp3) is 0.556. The molecule has 136 valence electrons. The zero-order valence-corrected chi connectivity index (χ0v) is 14.2. The van der Waals surface area contributed by atoms with Crippen molar-refractivity contribution in [3.63, 3.8) is 0 Å². The highest BCUT2D eigenvalue weighted by Crippen LogP contribution is 2.13. The highest BCUT2D eigenvalue weighted by molar-refractivity contribution is 5.94. The third-order valence-electron chi connectivity index (χ3n) is 4.66. The normalized spacial score (nSPS) is 21.7. The summed E-state index contributed by atoms with van der Waals surface area (Å²) in [5.74, 6) is -0.744. The Balaban J connectivity index is 1.55. The van der Waals surface area contributed by atoms with E-state index in [0.29, 0.717) is 52.2 Å². The van der Waals surface area contributed by atoms with Crippen molar-refractivity contribution in [3.05, 3.63) is 35.6 Å². The zero-order valence-electron chi connectivity index (χ0n) is 14.2. The lowest BCUT2D eigenvalue weighted by atomic mass is 10.1. The number of carbonyl (C=O) groups excluding carboxylic acids is 2. The van der Waals surface area contributed by atoms with E-state index >= 15 is 0 Å². The highest BCUT2D eigenvalue weighted by atomic mass is 19.1. The van der Waals surface area contributed by atoms with E-state index < -0.39 is 5.82 Å². The van der Waals surface area contributed by atoms with Crippen LogP contribution in [0.3, 0.4) is 0 Å². The molecule has 1 atom stereocenters. The Hall–Kier alpha value is -1.99. The molecule has 7 heteroatoms.